The first-order valence-corrected chi connectivity index (χ1v) is 9.00. The Kier molecular flexibility index (Phi) is 6.35. The third-order valence-corrected chi connectivity index (χ3v) is 5.29. The van der Waals surface area contributed by atoms with Crippen molar-refractivity contribution in [2.45, 2.75) is 65.8 Å². The van der Waals surface area contributed by atoms with Crippen molar-refractivity contribution in [1.82, 2.24) is 10.2 Å². The number of nitrogens with zero attached hydrogens (tertiary/aromatic N) is 1. The van der Waals surface area contributed by atoms with Gasteiger partial charge in [-0.3, -0.25) is 0 Å². The molecule has 2 atom stereocenters. The molecular formula is C18H36N2. The Bertz CT molecular complexity index is 269. The van der Waals surface area contributed by atoms with Crippen LogP contribution in [0.5, 0.6) is 0 Å². The number of piperidine rings is 1. The van der Waals surface area contributed by atoms with E-state index in [1.165, 1.54) is 58.3 Å². The third-order valence-electron chi connectivity index (χ3n) is 5.29. The van der Waals surface area contributed by atoms with Gasteiger partial charge in [0, 0.05) is 25.7 Å². The van der Waals surface area contributed by atoms with Gasteiger partial charge >= 0.3 is 0 Å². The molecule has 118 valence electrons. The summed E-state index contributed by atoms with van der Waals surface area (Å²) in [5, 5.41) is 3.91. The number of hydrogen-bond acceptors (Lipinski definition) is 2. The van der Waals surface area contributed by atoms with Crippen LogP contribution in [0.2, 0.25) is 0 Å². The Morgan fingerprint density at radius 3 is 2.35 bits per heavy atom. The lowest BCUT2D eigenvalue weighted by atomic mass is 9.85. The van der Waals surface area contributed by atoms with Gasteiger partial charge in [0.05, 0.1) is 0 Å². The van der Waals surface area contributed by atoms with Crippen LogP contribution in [0.4, 0.5) is 0 Å². The molecule has 2 fully saturated rings. The molecule has 0 aromatic heterocycles. The SMILES string of the molecule is CC(C)CN1CC(NCC2CCCC2)CC(C(C)C)C1. The van der Waals surface area contributed by atoms with Crippen molar-refractivity contribution in [2.24, 2.45) is 23.7 Å². The summed E-state index contributed by atoms with van der Waals surface area (Å²) >= 11 is 0. The van der Waals surface area contributed by atoms with Gasteiger partial charge in [0.2, 0.25) is 0 Å². The van der Waals surface area contributed by atoms with Crippen molar-refractivity contribution in [3.05, 3.63) is 0 Å². The molecule has 1 aliphatic carbocycles. The van der Waals surface area contributed by atoms with Crippen LogP contribution in [-0.4, -0.2) is 37.1 Å². The zero-order valence-electron chi connectivity index (χ0n) is 14.2. The molecule has 2 unspecified atom stereocenters. The van der Waals surface area contributed by atoms with Crippen molar-refractivity contribution in [1.29, 1.82) is 0 Å². The fourth-order valence-corrected chi connectivity index (χ4v) is 4.08. The van der Waals surface area contributed by atoms with Crippen LogP contribution in [0.25, 0.3) is 0 Å². The van der Waals surface area contributed by atoms with Crippen molar-refractivity contribution in [2.75, 3.05) is 26.2 Å². The van der Waals surface area contributed by atoms with Crippen LogP contribution in [0.15, 0.2) is 0 Å². The van der Waals surface area contributed by atoms with E-state index in [1.807, 2.05) is 0 Å². The van der Waals surface area contributed by atoms with E-state index in [0.29, 0.717) is 0 Å². The van der Waals surface area contributed by atoms with Crippen molar-refractivity contribution < 1.29 is 0 Å². The van der Waals surface area contributed by atoms with Crippen LogP contribution in [0.3, 0.4) is 0 Å². The second kappa shape index (κ2) is 7.79. The second-order valence-corrected chi connectivity index (χ2v) is 8.11. The zero-order valence-corrected chi connectivity index (χ0v) is 14.2. The minimum atomic E-state index is 0.732. The van der Waals surface area contributed by atoms with E-state index < -0.39 is 0 Å². The Hall–Kier alpha value is -0.0800. The molecule has 1 heterocycles. The summed E-state index contributed by atoms with van der Waals surface area (Å²) in [6.07, 6.45) is 7.24. The molecule has 2 rings (SSSR count). The molecule has 2 heteroatoms. The number of hydrogen-bond donors (Lipinski definition) is 1. The number of nitrogens with one attached hydrogen (secondary N) is 1. The lowest BCUT2D eigenvalue weighted by molar-refractivity contribution is 0.104. The normalized spacial score (nSPS) is 29.7. The molecule has 0 radical (unpaired) electrons. The van der Waals surface area contributed by atoms with Gasteiger partial charge in [0.1, 0.15) is 0 Å². The molecule has 0 aromatic carbocycles. The Balaban J connectivity index is 1.82. The molecule has 0 bridgehead atoms. The van der Waals surface area contributed by atoms with Crippen molar-refractivity contribution >= 4 is 0 Å². The molecule has 1 aliphatic heterocycles. The standard InChI is InChI=1S/C18H36N2/c1-14(2)11-20-12-17(15(3)4)9-18(13-20)19-10-16-7-5-6-8-16/h14-19H,5-13H2,1-4H3. The summed E-state index contributed by atoms with van der Waals surface area (Å²) in [6.45, 7) is 14.6. The Labute approximate surface area is 126 Å². The molecule has 0 aromatic rings. The third kappa shape index (κ3) is 5.04. The van der Waals surface area contributed by atoms with Crippen LogP contribution in [0.1, 0.15) is 59.8 Å². The fraction of sp³-hybridized carbons (Fsp3) is 1.00. The van der Waals surface area contributed by atoms with Crippen LogP contribution < -0.4 is 5.32 Å². The maximum Gasteiger partial charge on any atom is 0.0198 e. The monoisotopic (exact) mass is 280 g/mol. The first-order chi connectivity index (χ1) is 9.54. The molecular weight excluding hydrogens is 244 g/mol. The maximum absolute atomic E-state index is 3.91. The van der Waals surface area contributed by atoms with E-state index in [4.69, 9.17) is 0 Å². The molecule has 0 spiro atoms. The summed E-state index contributed by atoms with van der Waals surface area (Å²) in [4.78, 5) is 2.71. The minimum absolute atomic E-state index is 0.732. The summed E-state index contributed by atoms with van der Waals surface area (Å²) in [5.41, 5.74) is 0. The van der Waals surface area contributed by atoms with Gasteiger partial charge in [-0.2, -0.15) is 0 Å². The Morgan fingerprint density at radius 2 is 1.75 bits per heavy atom. The predicted octanol–water partition coefficient (Wildman–Crippen LogP) is 3.77. The van der Waals surface area contributed by atoms with Crippen molar-refractivity contribution in [3.8, 4) is 0 Å². The molecule has 1 saturated heterocycles. The number of rotatable bonds is 6. The van der Waals surface area contributed by atoms with E-state index in [1.54, 1.807) is 0 Å². The van der Waals surface area contributed by atoms with E-state index in [0.717, 1.165) is 29.7 Å². The molecule has 2 nitrogen and oxygen atoms in total. The van der Waals surface area contributed by atoms with Gasteiger partial charge in [-0.25, -0.2) is 0 Å². The van der Waals surface area contributed by atoms with Gasteiger partial charge in [0.15, 0.2) is 0 Å². The average Bonchev–Trinajstić information content (AvgIpc) is 2.88. The van der Waals surface area contributed by atoms with Gasteiger partial charge in [-0.1, -0.05) is 40.5 Å². The lowest BCUT2D eigenvalue weighted by Crippen LogP contribution is -2.51. The molecule has 1 saturated carbocycles. The highest BCUT2D eigenvalue weighted by Gasteiger charge is 2.29. The van der Waals surface area contributed by atoms with Gasteiger partial charge in [-0.05, 0) is 49.5 Å². The van der Waals surface area contributed by atoms with Gasteiger partial charge in [0.25, 0.3) is 0 Å². The number of likely N-dealkylation sites (tertiary alicyclic amines) is 1. The highest BCUT2D eigenvalue weighted by molar-refractivity contribution is 4.86. The molecule has 0 amide bonds. The smallest absolute Gasteiger partial charge is 0.0198 e. The summed E-state index contributed by atoms with van der Waals surface area (Å²) in [7, 11) is 0. The first kappa shape index (κ1) is 16.3. The largest absolute Gasteiger partial charge is 0.312 e. The van der Waals surface area contributed by atoms with E-state index >= 15 is 0 Å². The molecule has 2 aliphatic rings. The average molecular weight is 280 g/mol. The van der Waals surface area contributed by atoms with E-state index in [9.17, 15) is 0 Å². The Morgan fingerprint density at radius 1 is 1.05 bits per heavy atom. The van der Waals surface area contributed by atoms with E-state index in [2.05, 4.69) is 37.9 Å². The zero-order chi connectivity index (χ0) is 14.5. The predicted molar refractivity (Wildman–Crippen MR) is 88.0 cm³/mol. The fourth-order valence-electron chi connectivity index (χ4n) is 4.08. The van der Waals surface area contributed by atoms with Crippen LogP contribution >= 0.6 is 0 Å². The van der Waals surface area contributed by atoms with Gasteiger partial charge < -0.3 is 10.2 Å². The van der Waals surface area contributed by atoms with E-state index in [-0.39, 0.29) is 0 Å². The summed E-state index contributed by atoms with van der Waals surface area (Å²) in [6, 6.07) is 0.732. The maximum atomic E-state index is 3.91. The van der Waals surface area contributed by atoms with Crippen LogP contribution in [0, 0.1) is 23.7 Å². The summed E-state index contributed by atoms with van der Waals surface area (Å²) < 4.78 is 0. The second-order valence-electron chi connectivity index (χ2n) is 8.11. The topological polar surface area (TPSA) is 15.3 Å². The quantitative estimate of drug-likeness (QED) is 0.797. The molecule has 20 heavy (non-hydrogen) atoms. The molecule has 1 N–H and O–H groups in total. The van der Waals surface area contributed by atoms with Gasteiger partial charge in [-0.15, -0.1) is 0 Å². The lowest BCUT2D eigenvalue weighted by Gasteiger charge is -2.41. The van der Waals surface area contributed by atoms with Crippen LogP contribution in [-0.2, 0) is 0 Å². The summed E-state index contributed by atoms with van der Waals surface area (Å²) in [5.74, 6) is 3.45. The first-order valence-electron chi connectivity index (χ1n) is 9.00. The highest BCUT2D eigenvalue weighted by atomic mass is 15.2. The van der Waals surface area contributed by atoms with Crippen molar-refractivity contribution in [3.63, 3.8) is 0 Å². The highest BCUT2D eigenvalue weighted by Crippen LogP contribution is 2.27. The minimum Gasteiger partial charge on any atom is -0.312 e.